The molecule has 0 saturated heterocycles. The average Bonchev–Trinajstić information content (AvgIpc) is 2.36. The molecule has 1 atom stereocenters. The number of aliphatic carboxylic acids is 1. The lowest BCUT2D eigenvalue weighted by Crippen LogP contribution is -2.42. The van der Waals surface area contributed by atoms with Crippen LogP contribution in [0.4, 0.5) is 0 Å². The van der Waals surface area contributed by atoms with Crippen molar-refractivity contribution < 1.29 is 14.7 Å². The molecule has 0 aliphatic heterocycles. The first-order chi connectivity index (χ1) is 9.40. The highest BCUT2D eigenvalue weighted by molar-refractivity contribution is 8.00. The molecule has 0 saturated carbocycles. The van der Waals surface area contributed by atoms with Gasteiger partial charge in [0.05, 0.1) is 5.75 Å². The van der Waals surface area contributed by atoms with E-state index in [9.17, 15) is 9.59 Å². The standard InChI is InChI=1S/C15H21NO3S/c1-10(2)8-12(15(18)19)16-14(17)9-20-13-7-5-4-6-11(13)3/h4-7,10,12H,8-9H2,1-3H3,(H,16,17)(H,18,19). The van der Waals surface area contributed by atoms with Crippen LogP contribution < -0.4 is 5.32 Å². The van der Waals surface area contributed by atoms with E-state index >= 15 is 0 Å². The van der Waals surface area contributed by atoms with Gasteiger partial charge in [-0.2, -0.15) is 0 Å². The quantitative estimate of drug-likeness (QED) is 0.759. The van der Waals surface area contributed by atoms with Crippen molar-refractivity contribution in [2.24, 2.45) is 5.92 Å². The van der Waals surface area contributed by atoms with E-state index < -0.39 is 12.0 Å². The number of carboxylic acids is 1. The molecule has 0 aromatic heterocycles. The molecule has 0 aliphatic carbocycles. The Balaban J connectivity index is 2.50. The Morgan fingerprint density at radius 2 is 1.95 bits per heavy atom. The summed E-state index contributed by atoms with van der Waals surface area (Å²) in [6.07, 6.45) is 0.441. The Morgan fingerprint density at radius 3 is 2.50 bits per heavy atom. The summed E-state index contributed by atoms with van der Waals surface area (Å²) in [6.45, 7) is 5.85. The van der Waals surface area contributed by atoms with Crippen LogP contribution in [0.1, 0.15) is 25.8 Å². The third-order valence-electron chi connectivity index (χ3n) is 2.79. The van der Waals surface area contributed by atoms with Gasteiger partial charge in [0.2, 0.25) is 5.91 Å². The zero-order chi connectivity index (χ0) is 15.1. The highest BCUT2D eigenvalue weighted by Crippen LogP contribution is 2.21. The largest absolute Gasteiger partial charge is 0.480 e. The SMILES string of the molecule is Cc1ccccc1SCC(=O)NC(CC(C)C)C(=O)O. The molecule has 1 amide bonds. The van der Waals surface area contributed by atoms with E-state index in [1.807, 2.05) is 45.0 Å². The number of benzene rings is 1. The zero-order valence-corrected chi connectivity index (χ0v) is 12.9. The Labute approximate surface area is 124 Å². The number of carbonyl (C=O) groups excluding carboxylic acids is 1. The molecule has 1 unspecified atom stereocenters. The third kappa shape index (κ3) is 5.65. The van der Waals surface area contributed by atoms with Crippen LogP contribution in [-0.4, -0.2) is 28.8 Å². The van der Waals surface area contributed by atoms with E-state index in [0.29, 0.717) is 6.42 Å². The summed E-state index contributed by atoms with van der Waals surface area (Å²) in [5.41, 5.74) is 1.11. The van der Waals surface area contributed by atoms with Gasteiger partial charge in [0, 0.05) is 4.90 Å². The number of carbonyl (C=O) groups is 2. The van der Waals surface area contributed by atoms with Gasteiger partial charge in [0.25, 0.3) is 0 Å². The Hall–Kier alpha value is -1.49. The fourth-order valence-electron chi connectivity index (χ4n) is 1.79. The van der Waals surface area contributed by atoms with Crippen molar-refractivity contribution in [3.63, 3.8) is 0 Å². The summed E-state index contributed by atoms with van der Waals surface area (Å²) in [5, 5.41) is 11.7. The second-order valence-corrected chi connectivity index (χ2v) is 6.16. The number of thioether (sulfide) groups is 1. The molecule has 0 spiro atoms. The molecule has 2 N–H and O–H groups in total. The molecule has 1 rings (SSSR count). The van der Waals surface area contributed by atoms with Crippen LogP contribution in [0.2, 0.25) is 0 Å². The molecule has 1 aromatic carbocycles. The van der Waals surface area contributed by atoms with Crippen molar-refractivity contribution in [1.82, 2.24) is 5.32 Å². The normalized spacial score (nSPS) is 12.2. The molecule has 5 heteroatoms. The van der Waals surface area contributed by atoms with Crippen LogP contribution in [0.15, 0.2) is 29.2 Å². The molecule has 0 radical (unpaired) electrons. The van der Waals surface area contributed by atoms with Gasteiger partial charge in [-0.25, -0.2) is 4.79 Å². The van der Waals surface area contributed by atoms with Gasteiger partial charge in [0.15, 0.2) is 0 Å². The summed E-state index contributed by atoms with van der Waals surface area (Å²) >= 11 is 1.42. The maximum atomic E-state index is 11.8. The van der Waals surface area contributed by atoms with Gasteiger partial charge < -0.3 is 10.4 Å². The monoisotopic (exact) mass is 295 g/mol. The molecule has 0 aliphatic rings. The third-order valence-corrected chi connectivity index (χ3v) is 3.97. The van der Waals surface area contributed by atoms with Crippen LogP contribution in [-0.2, 0) is 9.59 Å². The number of rotatable bonds is 7. The lowest BCUT2D eigenvalue weighted by Gasteiger charge is -2.16. The summed E-state index contributed by atoms with van der Waals surface area (Å²) in [5.74, 6) is -0.771. The number of amides is 1. The van der Waals surface area contributed by atoms with Gasteiger partial charge >= 0.3 is 5.97 Å². The van der Waals surface area contributed by atoms with Crippen LogP contribution >= 0.6 is 11.8 Å². The van der Waals surface area contributed by atoms with E-state index in [4.69, 9.17) is 5.11 Å². The van der Waals surface area contributed by atoms with Crippen LogP contribution in [0.5, 0.6) is 0 Å². The second kappa shape index (κ2) is 7.94. The minimum atomic E-state index is -0.979. The van der Waals surface area contributed by atoms with Gasteiger partial charge in [-0.05, 0) is 30.9 Å². The highest BCUT2D eigenvalue weighted by Gasteiger charge is 2.20. The van der Waals surface area contributed by atoms with Crippen molar-refractivity contribution >= 4 is 23.6 Å². The number of carboxylic acid groups (broad SMARTS) is 1. The molecule has 20 heavy (non-hydrogen) atoms. The molecule has 0 fully saturated rings. The first-order valence-corrected chi connectivity index (χ1v) is 7.59. The minimum absolute atomic E-state index is 0.223. The number of aryl methyl sites for hydroxylation is 1. The zero-order valence-electron chi connectivity index (χ0n) is 12.1. The molecule has 4 nitrogen and oxygen atoms in total. The second-order valence-electron chi connectivity index (χ2n) is 5.14. The van der Waals surface area contributed by atoms with Crippen molar-refractivity contribution in [3.8, 4) is 0 Å². The van der Waals surface area contributed by atoms with Crippen molar-refractivity contribution in [2.45, 2.75) is 38.1 Å². The summed E-state index contributed by atoms with van der Waals surface area (Å²) in [4.78, 5) is 23.9. The molecular formula is C15H21NO3S. The number of hydrogen-bond donors (Lipinski definition) is 2. The first-order valence-electron chi connectivity index (χ1n) is 6.60. The van der Waals surface area contributed by atoms with Crippen molar-refractivity contribution in [1.29, 1.82) is 0 Å². The van der Waals surface area contributed by atoms with Gasteiger partial charge in [-0.1, -0.05) is 32.0 Å². The Bertz CT molecular complexity index is 474. The molecule has 0 heterocycles. The van der Waals surface area contributed by atoms with E-state index in [2.05, 4.69) is 5.32 Å². The lowest BCUT2D eigenvalue weighted by molar-refractivity contribution is -0.141. The maximum absolute atomic E-state index is 11.8. The van der Waals surface area contributed by atoms with E-state index in [1.165, 1.54) is 11.8 Å². The molecule has 0 bridgehead atoms. The highest BCUT2D eigenvalue weighted by atomic mass is 32.2. The van der Waals surface area contributed by atoms with Crippen molar-refractivity contribution in [2.75, 3.05) is 5.75 Å². The van der Waals surface area contributed by atoms with Crippen LogP contribution in [0, 0.1) is 12.8 Å². The van der Waals surface area contributed by atoms with E-state index in [1.54, 1.807) is 0 Å². The number of hydrogen-bond acceptors (Lipinski definition) is 3. The van der Waals surface area contributed by atoms with Crippen LogP contribution in [0.3, 0.4) is 0 Å². The van der Waals surface area contributed by atoms with Gasteiger partial charge in [-0.3, -0.25) is 4.79 Å². The fourth-order valence-corrected chi connectivity index (χ4v) is 2.63. The predicted molar refractivity (Wildman–Crippen MR) is 80.9 cm³/mol. The molecule has 110 valence electrons. The van der Waals surface area contributed by atoms with E-state index in [-0.39, 0.29) is 17.6 Å². The Morgan fingerprint density at radius 1 is 1.30 bits per heavy atom. The average molecular weight is 295 g/mol. The summed E-state index contributed by atoms with van der Waals surface area (Å²) in [7, 11) is 0. The smallest absolute Gasteiger partial charge is 0.326 e. The minimum Gasteiger partial charge on any atom is -0.480 e. The fraction of sp³-hybridized carbons (Fsp3) is 0.467. The summed E-state index contributed by atoms with van der Waals surface area (Å²) < 4.78 is 0. The lowest BCUT2D eigenvalue weighted by atomic mass is 10.0. The first kappa shape index (κ1) is 16.6. The van der Waals surface area contributed by atoms with Crippen molar-refractivity contribution in [3.05, 3.63) is 29.8 Å². The maximum Gasteiger partial charge on any atom is 0.326 e. The van der Waals surface area contributed by atoms with E-state index in [0.717, 1.165) is 10.5 Å². The number of nitrogens with one attached hydrogen (secondary N) is 1. The molecule has 1 aromatic rings. The predicted octanol–water partition coefficient (Wildman–Crippen LogP) is 2.70. The topological polar surface area (TPSA) is 66.4 Å². The molecular weight excluding hydrogens is 274 g/mol. The van der Waals surface area contributed by atoms with Crippen LogP contribution in [0.25, 0.3) is 0 Å². The van der Waals surface area contributed by atoms with Gasteiger partial charge in [0.1, 0.15) is 6.04 Å². The summed E-state index contributed by atoms with van der Waals surface area (Å²) in [6, 6.07) is 7.00. The Kier molecular flexibility index (Phi) is 6.58. The van der Waals surface area contributed by atoms with Gasteiger partial charge in [-0.15, -0.1) is 11.8 Å².